The summed E-state index contributed by atoms with van der Waals surface area (Å²) in [5.74, 6) is -2.48. The number of aryl methyl sites for hydroxylation is 1. The van der Waals surface area contributed by atoms with E-state index in [1.807, 2.05) is 19.1 Å². The van der Waals surface area contributed by atoms with Crippen LogP contribution in [0.2, 0.25) is 0 Å². The van der Waals surface area contributed by atoms with Gasteiger partial charge in [0.25, 0.3) is 0 Å². The maximum atomic E-state index is 12.8. The van der Waals surface area contributed by atoms with E-state index in [0.717, 1.165) is 56.9 Å². The summed E-state index contributed by atoms with van der Waals surface area (Å²) in [7, 11) is 0. The molecule has 0 heterocycles. The number of benzene rings is 3. The predicted octanol–water partition coefficient (Wildman–Crippen LogP) is 9.84. The molecule has 0 saturated carbocycles. The molecule has 0 aliphatic rings. The summed E-state index contributed by atoms with van der Waals surface area (Å²) in [6.07, 6.45) is 12.6. The van der Waals surface area contributed by atoms with E-state index < -0.39 is 11.9 Å². The number of ether oxygens (including phenoxy) is 1. The molecule has 0 fully saturated rings. The minimum atomic E-state index is -1.06. The van der Waals surface area contributed by atoms with E-state index in [-0.39, 0.29) is 23.2 Å². The molecule has 1 unspecified atom stereocenters. The van der Waals surface area contributed by atoms with Crippen LogP contribution in [0.3, 0.4) is 0 Å². The lowest BCUT2D eigenvalue weighted by atomic mass is 9.86. The highest BCUT2D eigenvalue weighted by Crippen LogP contribution is 2.37. The third-order valence-corrected chi connectivity index (χ3v) is 7.93. The number of esters is 1. The number of rotatable bonds is 18. The Kier molecular flexibility index (Phi) is 13.5. The number of carboxylic acid groups (broad SMARTS) is 2. The maximum Gasteiger partial charge on any atom is 0.338 e. The SMILES string of the molecule is CCCCCCCCc1ccc(-c2ccc(C(=O)O)cc2)c(C(=O)O)c1-c1ccc(C(=O)OC(C)CCCCCC)cc1. The molecule has 43 heavy (non-hydrogen) atoms. The second-order valence-electron chi connectivity index (χ2n) is 11.4. The van der Waals surface area contributed by atoms with E-state index in [2.05, 4.69) is 13.8 Å². The average Bonchev–Trinajstić information content (AvgIpc) is 3.00. The minimum absolute atomic E-state index is 0.137. The van der Waals surface area contributed by atoms with E-state index in [0.29, 0.717) is 27.8 Å². The fraction of sp³-hybridized carbons (Fsp3) is 0.432. The van der Waals surface area contributed by atoms with Crippen molar-refractivity contribution in [1.82, 2.24) is 0 Å². The molecule has 0 aliphatic carbocycles. The first-order valence-electron chi connectivity index (χ1n) is 15.8. The number of hydrogen-bond donors (Lipinski definition) is 2. The Morgan fingerprint density at radius 1 is 0.651 bits per heavy atom. The van der Waals surface area contributed by atoms with Crippen molar-refractivity contribution < 1.29 is 29.3 Å². The van der Waals surface area contributed by atoms with Crippen LogP contribution >= 0.6 is 0 Å². The molecule has 6 heteroatoms. The first-order chi connectivity index (χ1) is 20.8. The minimum Gasteiger partial charge on any atom is -0.478 e. The molecule has 3 aromatic carbocycles. The van der Waals surface area contributed by atoms with Gasteiger partial charge in [0.15, 0.2) is 0 Å². The molecule has 0 amide bonds. The molecular weight excluding hydrogens is 540 g/mol. The zero-order valence-corrected chi connectivity index (χ0v) is 25.9. The van der Waals surface area contributed by atoms with E-state index in [9.17, 15) is 24.6 Å². The van der Waals surface area contributed by atoms with Crippen molar-refractivity contribution in [1.29, 1.82) is 0 Å². The molecule has 2 N–H and O–H groups in total. The summed E-state index contributed by atoms with van der Waals surface area (Å²) in [5, 5.41) is 19.8. The molecule has 6 nitrogen and oxygen atoms in total. The Labute approximate surface area is 256 Å². The Morgan fingerprint density at radius 3 is 1.81 bits per heavy atom. The van der Waals surface area contributed by atoms with Gasteiger partial charge in [0.1, 0.15) is 0 Å². The predicted molar refractivity (Wildman–Crippen MR) is 172 cm³/mol. The van der Waals surface area contributed by atoms with Gasteiger partial charge in [-0.2, -0.15) is 0 Å². The van der Waals surface area contributed by atoms with E-state index in [1.165, 1.54) is 37.8 Å². The lowest BCUT2D eigenvalue weighted by Crippen LogP contribution is -2.15. The van der Waals surface area contributed by atoms with Crippen LogP contribution in [0.5, 0.6) is 0 Å². The van der Waals surface area contributed by atoms with Gasteiger partial charge in [-0.3, -0.25) is 0 Å². The first kappa shape index (κ1) is 33.6. The van der Waals surface area contributed by atoms with Crippen LogP contribution in [0.4, 0.5) is 0 Å². The van der Waals surface area contributed by atoms with Gasteiger partial charge in [-0.15, -0.1) is 0 Å². The molecular formula is C37H46O6. The largest absolute Gasteiger partial charge is 0.478 e. The van der Waals surface area contributed by atoms with Crippen LogP contribution in [0.25, 0.3) is 22.3 Å². The standard InChI is InChI=1S/C37H46O6/c1-4-6-8-10-11-13-15-28-24-25-32(27-16-20-30(21-17-27)35(38)39)34(36(40)41)33(28)29-18-22-31(23-19-29)37(42)43-26(3)14-12-9-7-5-2/h16-26H,4-15H2,1-3H3,(H,38,39)(H,40,41). The summed E-state index contributed by atoms with van der Waals surface area (Å²) in [6.45, 7) is 6.27. The Morgan fingerprint density at radius 2 is 1.21 bits per heavy atom. The van der Waals surface area contributed by atoms with Crippen LogP contribution in [-0.2, 0) is 11.2 Å². The van der Waals surface area contributed by atoms with Crippen molar-refractivity contribution in [3.63, 3.8) is 0 Å². The third-order valence-electron chi connectivity index (χ3n) is 7.93. The normalized spacial score (nSPS) is 11.7. The number of carbonyl (C=O) groups is 3. The van der Waals surface area contributed by atoms with Crippen LogP contribution in [0.1, 0.15) is 128 Å². The molecule has 0 spiro atoms. The lowest BCUT2D eigenvalue weighted by molar-refractivity contribution is 0.0319. The summed E-state index contributed by atoms with van der Waals surface area (Å²) in [5.41, 5.74) is 4.17. The van der Waals surface area contributed by atoms with Crippen LogP contribution in [-0.4, -0.2) is 34.2 Å². The lowest BCUT2D eigenvalue weighted by Gasteiger charge is -2.18. The fourth-order valence-electron chi connectivity index (χ4n) is 5.48. The van der Waals surface area contributed by atoms with Gasteiger partial charge in [0.05, 0.1) is 22.8 Å². The van der Waals surface area contributed by atoms with Crippen molar-refractivity contribution in [2.75, 3.05) is 0 Å². The van der Waals surface area contributed by atoms with Crippen molar-refractivity contribution in [3.8, 4) is 22.3 Å². The van der Waals surface area contributed by atoms with Gasteiger partial charge in [0.2, 0.25) is 0 Å². The molecule has 0 radical (unpaired) electrons. The number of carbonyl (C=O) groups excluding carboxylic acids is 1. The van der Waals surface area contributed by atoms with Crippen LogP contribution < -0.4 is 0 Å². The second kappa shape index (κ2) is 17.3. The zero-order valence-electron chi connectivity index (χ0n) is 25.9. The van der Waals surface area contributed by atoms with Gasteiger partial charge in [-0.1, -0.05) is 102 Å². The van der Waals surface area contributed by atoms with E-state index in [4.69, 9.17) is 4.74 Å². The van der Waals surface area contributed by atoms with Crippen molar-refractivity contribution in [2.24, 2.45) is 0 Å². The Bertz CT molecular complexity index is 1340. The van der Waals surface area contributed by atoms with Crippen molar-refractivity contribution in [2.45, 2.75) is 104 Å². The number of carboxylic acids is 2. The maximum absolute atomic E-state index is 12.8. The quantitative estimate of drug-likeness (QED) is 0.114. The van der Waals surface area contributed by atoms with Gasteiger partial charge in [0, 0.05) is 0 Å². The van der Waals surface area contributed by atoms with Crippen LogP contribution in [0.15, 0.2) is 60.7 Å². The smallest absolute Gasteiger partial charge is 0.338 e. The average molecular weight is 587 g/mol. The highest BCUT2D eigenvalue weighted by Gasteiger charge is 2.22. The van der Waals surface area contributed by atoms with Gasteiger partial charge in [-0.25, -0.2) is 14.4 Å². The Hall–Kier alpha value is -3.93. The topological polar surface area (TPSA) is 101 Å². The molecule has 0 aromatic heterocycles. The molecule has 0 aliphatic heterocycles. The monoisotopic (exact) mass is 586 g/mol. The van der Waals surface area contributed by atoms with E-state index >= 15 is 0 Å². The first-order valence-corrected chi connectivity index (χ1v) is 15.8. The van der Waals surface area contributed by atoms with Crippen molar-refractivity contribution >= 4 is 17.9 Å². The molecule has 0 bridgehead atoms. The van der Waals surface area contributed by atoms with Gasteiger partial charge < -0.3 is 14.9 Å². The van der Waals surface area contributed by atoms with Crippen LogP contribution in [0, 0.1) is 0 Å². The highest BCUT2D eigenvalue weighted by molar-refractivity contribution is 6.04. The third kappa shape index (κ3) is 9.81. The van der Waals surface area contributed by atoms with E-state index in [1.54, 1.807) is 36.4 Å². The van der Waals surface area contributed by atoms with Gasteiger partial charge >= 0.3 is 17.9 Å². The Balaban J connectivity index is 1.94. The molecule has 3 aromatic rings. The molecule has 0 saturated heterocycles. The summed E-state index contributed by atoms with van der Waals surface area (Å²) < 4.78 is 5.67. The van der Waals surface area contributed by atoms with Crippen molar-refractivity contribution in [3.05, 3.63) is 82.9 Å². The molecule has 1 atom stereocenters. The zero-order chi connectivity index (χ0) is 31.2. The number of aromatic carboxylic acids is 2. The molecule has 3 rings (SSSR count). The highest BCUT2D eigenvalue weighted by atomic mass is 16.5. The summed E-state index contributed by atoms with van der Waals surface area (Å²) in [4.78, 5) is 37.0. The number of hydrogen-bond acceptors (Lipinski definition) is 4. The molecule has 230 valence electrons. The summed E-state index contributed by atoms with van der Waals surface area (Å²) in [6, 6.07) is 17.1. The second-order valence-corrected chi connectivity index (χ2v) is 11.4. The van der Waals surface area contributed by atoms with Gasteiger partial charge in [-0.05, 0) is 84.7 Å². The fourth-order valence-corrected chi connectivity index (χ4v) is 5.48. The summed E-state index contributed by atoms with van der Waals surface area (Å²) >= 11 is 0. The number of unbranched alkanes of at least 4 members (excludes halogenated alkanes) is 8.